The zero-order chi connectivity index (χ0) is 26.2. The van der Waals surface area contributed by atoms with E-state index in [9.17, 15) is 22.4 Å². The standard InChI is InChI=1S/C26H23F4N5OS/c1-15-12-16(6-9-18(15)25(36)33-17-7-8-17)21-14-32-24-20(31-11-10-26(28,29)30)13-23(34-35(21)24)37-22-5-3-2-4-19(22)27/h2-6,9,12-14,17,31H,7-8,10-11H2,1H3,(H,33,36). The van der Waals surface area contributed by atoms with Crippen LogP contribution >= 0.6 is 11.8 Å². The van der Waals surface area contributed by atoms with Gasteiger partial charge in [-0.25, -0.2) is 13.9 Å². The van der Waals surface area contributed by atoms with E-state index in [-0.39, 0.29) is 18.5 Å². The molecule has 0 bridgehead atoms. The van der Waals surface area contributed by atoms with Crippen LogP contribution in [-0.4, -0.2) is 39.3 Å². The number of fused-ring (bicyclic) bond motifs is 1. The van der Waals surface area contributed by atoms with Gasteiger partial charge in [0.2, 0.25) is 0 Å². The number of amides is 1. The first-order valence-electron chi connectivity index (χ1n) is 11.7. The number of carbonyl (C=O) groups is 1. The van der Waals surface area contributed by atoms with E-state index in [1.807, 2.05) is 13.0 Å². The number of alkyl halides is 3. The molecular weight excluding hydrogens is 506 g/mol. The molecule has 1 aliphatic rings. The summed E-state index contributed by atoms with van der Waals surface area (Å²) in [5.74, 6) is -0.551. The average Bonchev–Trinajstić information content (AvgIpc) is 3.54. The van der Waals surface area contributed by atoms with Crippen molar-refractivity contribution in [2.75, 3.05) is 11.9 Å². The summed E-state index contributed by atoms with van der Waals surface area (Å²) in [5.41, 5.74) is 3.34. The van der Waals surface area contributed by atoms with Crippen LogP contribution in [0.2, 0.25) is 0 Å². The van der Waals surface area contributed by atoms with Crippen molar-refractivity contribution in [3.8, 4) is 11.3 Å². The molecule has 6 nitrogen and oxygen atoms in total. The number of benzene rings is 2. The molecule has 11 heteroatoms. The molecule has 1 aliphatic carbocycles. The van der Waals surface area contributed by atoms with Gasteiger partial charge >= 0.3 is 6.18 Å². The van der Waals surface area contributed by atoms with Crippen LogP contribution in [0.25, 0.3) is 16.9 Å². The molecule has 0 spiro atoms. The first-order chi connectivity index (χ1) is 17.7. The van der Waals surface area contributed by atoms with Gasteiger partial charge in [0.25, 0.3) is 5.91 Å². The number of hydrogen-bond acceptors (Lipinski definition) is 5. The second-order valence-electron chi connectivity index (χ2n) is 8.88. The third-order valence-corrected chi connectivity index (χ3v) is 6.86. The van der Waals surface area contributed by atoms with Crippen molar-refractivity contribution in [2.45, 2.75) is 48.3 Å². The summed E-state index contributed by atoms with van der Waals surface area (Å²) < 4.78 is 54.1. The number of halogens is 4. The van der Waals surface area contributed by atoms with Crippen molar-refractivity contribution in [3.05, 3.63) is 71.7 Å². The van der Waals surface area contributed by atoms with Crippen molar-refractivity contribution >= 4 is 29.0 Å². The molecule has 0 atom stereocenters. The monoisotopic (exact) mass is 529 g/mol. The van der Waals surface area contributed by atoms with E-state index >= 15 is 0 Å². The van der Waals surface area contributed by atoms with Crippen LogP contribution in [0.3, 0.4) is 0 Å². The molecule has 4 aromatic rings. The van der Waals surface area contributed by atoms with Crippen molar-refractivity contribution in [2.24, 2.45) is 0 Å². The van der Waals surface area contributed by atoms with E-state index in [1.54, 1.807) is 42.6 Å². The number of nitrogens with zero attached hydrogens (tertiary/aromatic N) is 3. The van der Waals surface area contributed by atoms with Gasteiger partial charge in [-0.3, -0.25) is 4.79 Å². The maximum absolute atomic E-state index is 14.3. The molecule has 1 amide bonds. The summed E-state index contributed by atoms with van der Waals surface area (Å²) in [7, 11) is 0. The fraction of sp³-hybridized carbons (Fsp3) is 0.269. The first-order valence-corrected chi connectivity index (χ1v) is 12.5. The lowest BCUT2D eigenvalue weighted by molar-refractivity contribution is -0.131. The van der Waals surface area contributed by atoms with Crippen LogP contribution in [0.4, 0.5) is 23.2 Å². The van der Waals surface area contributed by atoms with Gasteiger partial charge in [-0.15, -0.1) is 0 Å². The maximum Gasteiger partial charge on any atom is 0.390 e. The number of nitrogens with one attached hydrogen (secondary N) is 2. The summed E-state index contributed by atoms with van der Waals surface area (Å²) in [5, 5.41) is 10.8. The SMILES string of the molecule is Cc1cc(-c2cnc3c(NCCC(F)(F)F)cc(Sc4ccccc4F)nn23)ccc1C(=O)NC1CC1. The second kappa shape index (κ2) is 10.0. The van der Waals surface area contributed by atoms with Crippen LogP contribution < -0.4 is 10.6 Å². The lowest BCUT2D eigenvalue weighted by atomic mass is 10.0. The van der Waals surface area contributed by atoms with Crippen LogP contribution in [0.5, 0.6) is 0 Å². The van der Waals surface area contributed by atoms with E-state index in [0.29, 0.717) is 32.5 Å². The number of imidazole rings is 1. The average molecular weight is 530 g/mol. The van der Waals surface area contributed by atoms with Gasteiger partial charge in [-0.1, -0.05) is 30.0 Å². The molecule has 1 fully saturated rings. The summed E-state index contributed by atoms with van der Waals surface area (Å²) in [6.07, 6.45) is -1.78. The fourth-order valence-electron chi connectivity index (χ4n) is 3.87. The zero-order valence-electron chi connectivity index (χ0n) is 19.8. The first kappa shape index (κ1) is 25.1. The van der Waals surface area contributed by atoms with Crippen molar-refractivity contribution in [1.82, 2.24) is 19.9 Å². The van der Waals surface area contributed by atoms with Gasteiger partial charge in [0.15, 0.2) is 5.65 Å². The van der Waals surface area contributed by atoms with Gasteiger partial charge in [-0.2, -0.15) is 18.3 Å². The minimum Gasteiger partial charge on any atom is -0.382 e. The summed E-state index contributed by atoms with van der Waals surface area (Å²) >= 11 is 1.06. The molecule has 0 unspecified atom stereocenters. The van der Waals surface area contributed by atoms with E-state index in [2.05, 4.69) is 20.7 Å². The van der Waals surface area contributed by atoms with Crippen molar-refractivity contribution in [3.63, 3.8) is 0 Å². The Balaban J connectivity index is 1.52. The molecule has 5 rings (SSSR count). The Kier molecular flexibility index (Phi) is 6.80. The Bertz CT molecular complexity index is 1470. The molecule has 0 aliphatic heterocycles. The van der Waals surface area contributed by atoms with Gasteiger partial charge in [0.1, 0.15) is 10.8 Å². The zero-order valence-corrected chi connectivity index (χ0v) is 20.6. The van der Waals surface area contributed by atoms with Crippen LogP contribution in [-0.2, 0) is 0 Å². The Labute approximate surface area is 214 Å². The van der Waals surface area contributed by atoms with E-state index < -0.39 is 18.4 Å². The smallest absolute Gasteiger partial charge is 0.382 e. The summed E-state index contributed by atoms with van der Waals surface area (Å²) in [6, 6.07) is 13.4. The molecule has 2 aromatic heterocycles. The second-order valence-corrected chi connectivity index (χ2v) is 9.94. The molecule has 1 saturated carbocycles. The molecular formula is C26H23F4N5OS. The maximum atomic E-state index is 14.3. The molecule has 2 aromatic carbocycles. The van der Waals surface area contributed by atoms with Crippen LogP contribution in [0.1, 0.15) is 35.2 Å². The van der Waals surface area contributed by atoms with Crippen molar-refractivity contribution in [1.29, 1.82) is 0 Å². The predicted molar refractivity (Wildman–Crippen MR) is 133 cm³/mol. The van der Waals surface area contributed by atoms with Gasteiger partial charge in [-0.05, 0) is 55.7 Å². The molecule has 2 heterocycles. The lowest BCUT2D eigenvalue weighted by Gasteiger charge is -2.13. The molecule has 0 saturated heterocycles. The van der Waals surface area contributed by atoms with Gasteiger partial charge in [0, 0.05) is 28.6 Å². The van der Waals surface area contributed by atoms with Crippen molar-refractivity contribution < 1.29 is 22.4 Å². The number of carbonyl (C=O) groups excluding carboxylic acids is 1. The highest BCUT2D eigenvalue weighted by atomic mass is 32.2. The number of aromatic nitrogens is 3. The predicted octanol–water partition coefficient (Wildman–Crippen LogP) is 6.25. The van der Waals surface area contributed by atoms with Gasteiger partial charge < -0.3 is 10.6 Å². The van der Waals surface area contributed by atoms with Crippen LogP contribution in [0, 0.1) is 12.7 Å². The highest BCUT2D eigenvalue weighted by Gasteiger charge is 2.27. The molecule has 0 radical (unpaired) electrons. The quantitative estimate of drug-likeness (QED) is 0.264. The minimum atomic E-state index is -4.31. The number of hydrogen-bond donors (Lipinski definition) is 2. The largest absolute Gasteiger partial charge is 0.390 e. The Morgan fingerprint density at radius 2 is 1.95 bits per heavy atom. The molecule has 37 heavy (non-hydrogen) atoms. The Morgan fingerprint density at radius 1 is 1.16 bits per heavy atom. The summed E-state index contributed by atoms with van der Waals surface area (Å²) in [6.45, 7) is 1.49. The number of rotatable bonds is 8. The molecule has 2 N–H and O–H groups in total. The van der Waals surface area contributed by atoms with E-state index in [4.69, 9.17) is 0 Å². The van der Waals surface area contributed by atoms with Crippen LogP contribution in [0.15, 0.2) is 64.6 Å². The number of aryl methyl sites for hydroxylation is 1. The minimum absolute atomic E-state index is 0.123. The third-order valence-electron chi connectivity index (χ3n) is 5.90. The normalized spacial score (nSPS) is 13.6. The van der Waals surface area contributed by atoms with Gasteiger partial charge in [0.05, 0.1) is 24.0 Å². The fourth-order valence-corrected chi connectivity index (χ4v) is 4.71. The highest BCUT2D eigenvalue weighted by Crippen LogP contribution is 2.33. The third kappa shape index (κ3) is 5.87. The topological polar surface area (TPSA) is 71.3 Å². The number of anilines is 1. The molecule has 192 valence electrons. The Morgan fingerprint density at radius 3 is 2.65 bits per heavy atom. The van der Waals surface area contributed by atoms with E-state index in [1.165, 1.54) is 10.6 Å². The van der Waals surface area contributed by atoms with E-state index in [0.717, 1.165) is 35.7 Å². The highest BCUT2D eigenvalue weighted by molar-refractivity contribution is 7.99. The Hall–Kier alpha value is -3.60. The lowest BCUT2D eigenvalue weighted by Crippen LogP contribution is -2.26. The summed E-state index contributed by atoms with van der Waals surface area (Å²) in [4.78, 5) is 17.3.